The summed E-state index contributed by atoms with van der Waals surface area (Å²) in [5.41, 5.74) is 4.21. The number of thiazole rings is 1. The highest BCUT2D eigenvalue weighted by atomic mass is 32.1. The van der Waals surface area contributed by atoms with Crippen LogP contribution in [0.4, 0.5) is 5.69 Å². The number of benzene rings is 1. The van der Waals surface area contributed by atoms with E-state index in [1.165, 1.54) is 39.5 Å². The summed E-state index contributed by atoms with van der Waals surface area (Å²) >= 11 is 1.82. The Hall–Kier alpha value is -1.39. The van der Waals surface area contributed by atoms with E-state index in [0.717, 1.165) is 19.5 Å². The molecular formula is C17H23N3S. The zero-order valence-electron chi connectivity index (χ0n) is 12.8. The van der Waals surface area contributed by atoms with Crippen LogP contribution in [-0.2, 0) is 19.4 Å². The van der Waals surface area contributed by atoms with Crippen LogP contribution >= 0.6 is 11.3 Å². The molecule has 1 aliphatic heterocycles. The van der Waals surface area contributed by atoms with Crippen LogP contribution < -0.4 is 10.6 Å². The van der Waals surface area contributed by atoms with Crippen LogP contribution in [0.5, 0.6) is 0 Å². The molecule has 1 aromatic heterocycles. The molecule has 1 unspecified atom stereocenters. The smallest absolute Gasteiger partial charge is 0.109 e. The highest BCUT2D eigenvalue weighted by molar-refractivity contribution is 7.11. The largest absolute Gasteiger partial charge is 0.385 e. The van der Waals surface area contributed by atoms with Crippen molar-refractivity contribution in [3.8, 4) is 0 Å². The van der Waals surface area contributed by atoms with Crippen molar-refractivity contribution in [2.45, 2.75) is 45.7 Å². The third-order valence-electron chi connectivity index (χ3n) is 4.08. The number of fused-ring (bicyclic) bond motifs is 1. The second-order valence-corrected chi connectivity index (χ2v) is 6.74. The highest BCUT2D eigenvalue weighted by Gasteiger charge is 2.14. The molecule has 1 aromatic carbocycles. The lowest BCUT2D eigenvalue weighted by Gasteiger charge is -2.22. The van der Waals surface area contributed by atoms with Gasteiger partial charge in [0.25, 0.3) is 0 Å². The maximum absolute atomic E-state index is 4.53. The Morgan fingerprint density at radius 3 is 3.14 bits per heavy atom. The molecule has 1 atom stereocenters. The van der Waals surface area contributed by atoms with Crippen LogP contribution in [0.3, 0.4) is 0 Å². The molecule has 0 saturated heterocycles. The quantitative estimate of drug-likeness (QED) is 0.879. The van der Waals surface area contributed by atoms with E-state index in [2.05, 4.69) is 47.7 Å². The van der Waals surface area contributed by atoms with Gasteiger partial charge in [0.2, 0.25) is 0 Å². The average Bonchev–Trinajstić information content (AvgIpc) is 3.01. The number of anilines is 1. The van der Waals surface area contributed by atoms with Gasteiger partial charge in [-0.25, -0.2) is 4.98 Å². The van der Waals surface area contributed by atoms with Gasteiger partial charge >= 0.3 is 0 Å². The summed E-state index contributed by atoms with van der Waals surface area (Å²) in [7, 11) is 0. The molecule has 0 saturated carbocycles. The first-order chi connectivity index (χ1) is 10.3. The first-order valence-corrected chi connectivity index (χ1v) is 8.62. The second-order valence-electron chi connectivity index (χ2n) is 5.59. The second kappa shape index (κ2) is 6.58. The zero-order valence-corrected chi connectivity index (χ0v) is 13.6. The summed E-state index contributed by atoms with van der Waals surface area (Å²) in [5, 5.41) is 8.31. The molecular weight excluding hydrogens is 278 g/mol. The lowest BCUT2D eigenvalue weighted by molar-refractivity contribution is 0.568. The van der Waals surface area contributed by atoms with Gasteiger partial charge in [0.05, 0.1) is 6.04 Å². The Kier molecular flexibility index (Phi) is 4.56. The molecule has 2 aromatic rings. The van der Waals surface area contributed by atoms with Crippen molar-refractivity contribution in [1.82, 2.24) is 10.3 Å². The molecule has 2 N–H and O–H groups in total. The Morgan fingerprint density at radius 2 is 2.33 bits per heavy atom. The predicted molar refractivity (Wildman–Crippen MR) is 90.0 cm³/mol. The van der Waals surface area contributed by atoms with E-state index >= 15 is 0 Å². The van der Waals surface area contributed by atoms with Gasteiger partial charge in [0, 0.05) is 29.9 Å². The molecule has 0 amide bonds. The van der Waals surface area contributed by atoms with E-state index in [9.17, 15) is 0 Å². The van der Waals surface area contributed by atoms with Crippen molar-refractivity contribution in [1.29, 1.82) is 0 Å². The van der Waals surface area contributed by atoms with Crippen LogP contribution in [0.25, 0.3) is 0 Å². The van der Waals surface area contributed by atoms with Gasteiger partial charge in [-0.2, -0.15) is 0 Å². The van der Waals surface area contributed by atoms with E-state index in [1.54, 1.807) is 0 Å². The number of aromatic nitrogens is 1. The van der Waals surface area contributed by atoms with Crippen molar-refractivity contribution >= 4 is 17.0 Å². The Morgan fingerprint density at radius 1 is 1.43 bits per heavy atom. The van der Waals surface area contributed by atoms with E-state index in [1.807, 2.05) is 17.5 Å². The molecule has 0 aliphatic carbocycles. The third kappa shape index (κ3) is 3.27. The van der Waals surface area contributed by atoms with Gasteiger partial charge in [-0.15, -0.1) is 11.3 Å². The molecule has 2 heterocycles. The molecule has 4 heteroatoms. The van der Waals surface area contributed by atoms with Crippen molar-refractivity contribution in [3.05, 3.63) is 45.4 Å². The Balaban J connectivity index is 1.67. The zero-order chi connectivity index (χ0) is 14.7. The number of rotatable bonds is 5. The Bertz CT molecular complexity index is 606. The first kappa shape index (κ1) is 14.5. The lowest BCUT2D eigenvalue weighted by Crippen LogP contribution is -2.20. The fourth-order valence-electron chi connectivity index (χ4n) is 2.79. The maximum atomic E-state index is 4.53. The number of nitrogens with zero attached hydrogens (tertiary/aromatic N) is 1. The van der Waals surface area contributed by atoms with E-state index in [0.29, 0.717) is 6.04 Å². The number of nitrogens with one attached hydrogen (secondary N) is 2. The lowest BCUT2D eigenvalue weighted by atomic mass is 9.97. The van der Waals surface area contributed by atoms with Crippen molar-refractivity contribution in [2.24, 2.45) is 0 Å². The summed E-state index contributed by atoms with van der Waals surface area (Å²) in [4.78, 5) is 5.89. The fourth-order valence-corrected chi connectivity index (χ4v) is 3.67. The minimum atomic E-state index is 0.308. The van der Waals surface area contributed by atoms with Crippen LogP contribution in [0, 0.1) is 0 Å². The van der Waals surface area contributed by atoms with Crippen LogP contribution in [0.15, 0.2) is 24.4 Å². The Labute approximate surface area is 130 Å². The van der Waals surface area contributed by atoms with Crippen molar-refractivity contribution in [3.63, 3.8) is 0 Å². The minimum absolute atomic E-state index is 0.308. The van der Waals surface area contributed by atoms with Gasteiger partial charge in [0.15, 0.2) is 0 Å². The number of aryl methyl sites for hydroxylation is 1. The summed E-state index contributed by atoms with van der Waals surface area (Å²) < 4.78 is 0. The van der Waals surface area contributed by atoms with Crippen LogP contribution in [-0.4, -0.2) is 11.5 Å². The third-order valence-corrected chi connectivity index (χ3v) is 5.41. The standard InChI is InChI=1S/C17H23N3S/c1-3-14-11-20-17(21-14)12(2)19-10-13-6-4-8-16-15(13)7-5-9-18-16/h4,6,8,11-12,18-19H,3,5,7,9-10H2,1-2H3. The predicted octanol–water partition coefficient (Wildman–Crippen LogP) is 3.91. The van der Waals surface area contributed by atoms with Gasteiger partial charge in [0.1, 0.15) is 5.01 Å². The number of hydrogen-bond acceptors (Lipinski definition) is 4. The highest BCUT2D eigenvalue weighted by Crippen LogP contribution is 2.26. The molecule has 3 rings (SSSR count). The molecule has 3 nitrogen and oxygen atoms in total. The fraction of sp³-hybridized carbons (Fsp3) is 0.471. The summed E-state index contributed by atoms with van der Waals surface area (Å²) in [6.45, 7) is 6.39. The van der Waals surface area contributed by atoms with Crippen LogP contribution in [0.1, 0.15) is 47.3 Å². The summed E-state index contributed by atoms with van der Waals surface area (Å²) in [6.07, 6.45) is 5.49. The molecule has 0 bridgehead atoms. The monoisotopic (exact) mass is 301 g/mol. The van der Waals surface area contributed by atoms with Gasteiger partial charge in [-0.1, -0.05) is 19.1 Å². The molecule has 0 radical (unpaired) electrons. The van der Waals surface area contributed by atoms with Gasteiger partial charge in [-0.3, -0.25) is 0 Å². The summed E-state index contributed by atoms with van der Waals surface area (Å²) in [6, 6.07) is 6.89. The van der Waals surface area contributed by atoms with E-state index < -0.39 is 0 Å². The molecule has 1 aliphatic rings. The van der Waals surface area contributed by atoms with Gasteiger partial charge < -0.3 is 10.6 Å². The van der Waals surface area contributed by atoms with E-state index in [-0.39, 0.29) is 0 Å². The maximum Gasteiger partial charge on any atom is 0.109 e. The summed E-state index contributed by atoms with van der Waals surface area (Å²) in [5.74, 6) is 0. The van der Waals surface area contributed by atoms with Crippen molar-refractivity contribution < 1.29 is 0 Å². The SMILES string of the molecule is CCc1cnc(C(C)NCc2cccc3c2CCCN3)s1. The molecule has 0 fully saturated rings. The van der Waals surface area contributed by atoms with E-state index in [4.69, 9.17) is 0 Å². The average molecular weight is 301 g/mol. The van der Waals surface area contributed by atoms with Crippen LogP contribution in [0.2, 0.25) is 0 Å². The molecule has 21 heavy (non-hydrogen) atoms. The molecule has 0 spiro atoms. The topological polar surface area (TPSA) is 37.0 Å². The number of hydrogen-bond donors (Lipinski definition) is 2. The van der Waals surface area contributed by atoms with Gasteiger partial charge in [-0.05, 0) is 43.4 Å². The first-order valence-electron chi connectivity index (χ1n) is 7.80. The van der Waals surface area contributed by atoms with Crippen molar-refractivity contribution in [2.75, 3.05) is 11.9 Å². The minimum Gasteiger partial charge on any atom is -0.385 e. The normalized spacial score (nSPS) is 15.3. The molecule has 112 valence electrons.